The maximum absolute atomic E-state index is 13.1. The topological polar surface area (TPSA) is 93.0 Å². The molecule has 0 bridgehead atoms. The molecule has 0 aliphatic rings. The lowest BCUT2D eigenvalue weighted by molar-refractivity contribution is 0.248. The zero-order chi connectivity index (χ0) is 16.9. The number of carbonyl (C=O) groups excluding carboxylic acids is 1. The molecule has 7 heteroatoms. The van der Waals surface area contributed by atoms with E-state index in [1.165, 1.54) is 12.1 Å². The molecule has 0 aliphatic heterocycles. The van der Waals surface area contributed by atoms with E-state index in [2.05, 4.69) is 15.5 Å². The van der Waals surface area contributed by atoms with Gasteiger partial charge in [-0.3, -0.25) is 5.10 Å². The van der Waals surface area contributed by atoms with Gasteiger partial charge in [0, 0.05) is 12.1 Å². The van der Waals surface area contributed by atoms with E-state index in [0.717, 1.165) is 11.1 Å². The highest BCUT2D eigenvalue weighted by atomic mass is 19.1. The fraction of sp³-hybridized carbons (Fsp3) is 0.0588. The predicted molar refractivity (Wildman–Crippen MR) is 86.9 cm³/mol. The van der Waals surface area contributed by atoms with Gasteiger partial charge in [-0.25, -0.2) is 9.18 Å². The number of hydrogen-bond acceptors (Lipinski definition) is 3. The third-order valence-corrected chi connectivity index (χ3v) is 3.32. The number of aromatic amines is 1. The molecule has 3 aromatic rings. The Hall–Kier alpha value is -3.35. The van der Waals surface area contributed by atoms with Crippen LogP contribution in [0.4, 0.5) is 9.18 Å². The summed E-state index contributed by atoms with van der Waals surface area (Å²) >= 11 is 0. The van der Waals surface area contributed by atoms with Crippen molar-refractivity contribution in [1.82, 2.24) is 15.5 Å². The highest BCUT2D eigenvalue weighted by Gasteiger charge is 2.11. The van der Waals surface area contributed by atoms with Gasteiger partial charge < -0.3 is 15.8 Å². The second-order valence-electron chi connectivity index (χ2n) is 5.07. The van der Waals surface area contributed by atoms with Gasteiger partial charge in [-0.15, -0.1) is 0 Å². The normalized spacial score (nSPS) is 10.4. The van der Waals surface area contributed by atoms with E-state index >= 15 is 0 Å². The Morgan fingerprint density at radius 2 is 2.04 bits per heavy atom. The van der Waals surface area contributed by atoms with Crippen molar-refractivity contribution in [1.29, 1.82) is 0 Å². The van der Waals surface area contributed by atoms with Crippen LogP contribution < -0.4 is 15.8 Å². The molecule has 2 amide bonds. The zero-order valence-corrected chi connectivity index (χ0v) is 12.6. The van der Waals surface area contributed by atoms with Crippen LogP contribution in [0.1, 0.15) is 5.56 Å². The van der Waals surface area contributed by atoms with Gasteiger partial charge in [-0.2, -0.15) is 5.10 Å². The Morgan fingerprint density at radius 1 is 1.25 bits per heavy atom. The van der Waals surface area contributed by atoms with Gasteiger partial charge >= 0.3 is 6.03 Å². The number of aromatic nitrogens is 2. The van der Waals surface area contributed by atoms with Crippen LogP contribution in [0, 0.1) is 5.82 Å². The second-order valence-corrected chi connectivity index (χ2v) is 5.07. The third-order valence-electron chi connectivity index (χ3n) is 3.32. The minimum absolute atomic E-state index is 0.308. The number of primary amides is 1. The molecular formula is C17H15FN4O2. The van der Waals surface area contributed by atoms with Crippen molar-refractivity contribution >= 4 is 6.03 Å². The van der Waals surface area contributed by atoms with Crippen LogP contribution in [0.25, 0.3) is 11.3 Å². The number of nitrogens with one attached hydrogen (secondary N) is 2. The van der Waals surface area contributed by atoms with Crippen LogP contribution in [0.2, 0.25) is 0 Å². The summed E-state index contributed by atoms with van der Waals surface area (Å²) in [4.78, 5) is 10.8. The molecule has 0 spiro atoms. The van der Waals surface area contributed by atoms with Crippen molar-refractivity contribution in [2.45, 2.75) is 6.54 Å². The van der Waals surface area contributed by atoms with Crippen molar-refractivity contribution in [3.8, 4) is 22.8 Å². The van der Waals surface area contributed by atoms with E-state index in [1.54, 1.807) is 30.5 Å². The third kappa shape index (κ3) is 3.70. The van der Waals surface area contributed by atoms with Crippen LogP contribution in [0.15, 0.2) is 54.7 Å². The zero-order valence-electron chi connectivity index (χ0n) is 12.6. The predicted octanol–water partition coefficient (Wildman–Crippen LogP) is 3.18. The Morgan fingerprint density at radius 3 is 2.79 bits per heavy atom. The number of nitrogens with two attached hydrogens (primary N) is 1. The maximum atomic E-state index is 13.1. The van der Waals surface area contributed by atoms with E-state index in [1.807, 2.05) is 12.1 Å². The van der Waals surface area contributed by atoms with Crippen LogP contribution >= 0.6 is 0 Å². The van der Waals surface area contributed by atoms with E-state index in [0.29, 0.717) is 23.7 Å². The average molecular weight is 326 g/mol. The molecule has 0 saturated carbocycles. The number of H-pyrrole nitrogens is 1. The van der Waals surface area contributed by atoms with E-state index in [-0.39, 0.29) is 5.82 Å². The smallest absolute Gasteiger partial charge is 0.312 e. The molecule has 6 nitrogen and oxygen atoms in total. The summed E-state index contributed by atoms with van der Waals surface area (Å²) in [5.41, 5.74) is 7.22. The second kappa shape index (κ2) is 6.82. The number of amides is 2. The van der Waals surface area contributed by atoms with Crippen LogP contribution in [0.5, 0.6) is 11.5 Å². The summed E-state index contributed by atoms with van der Waals surface area (Å²) in [6, 6.07) is 12.6. The molecule has 1 aromatic heterocycles. The first-order chi connectivity index (χ1) is 11.6. The van der Waals surface area contributed by atoms with Gasteiger partial charge in [0.25, 0.3) is 0 Å². The molecule has 4 N–H and O–H groups in total. The SMILES string of the molecule is NC(=O)NCc1cccc(Oc2c[nH]nc2-c2ccc(F)cc2)c1. The largest absolute Gasteiger partial charge is 0.453 e. The highest BCUT2D eigenvalue weighted by molar-refractivity contribution is 5.71. The van der Waals surface area contributed by atoms with Gasteiger partial charge in [-0.1, -0.05) is 12.1 Å². The summed E-state index contributed by atoms with van der Waals surface area (Å²) < 4.78 is 18.9. The van der Waals surface area contributed by atoms with Crippen molar-refractivity contribution in [2.24, 2.45) is 5.73 Å². The molecule has 0 unspecified atom stereocenters. The fourth-order valence-electron chi connectivity index (χ4n) is 2.21. The lowest BCUT2D eigenvalue weighted by Crippen LogP contribution is -2.28. The lowest BCUT2D eigenvalue weighted by Gasteiger charge is -2.08. The Bertz CT molecular complexity index is 846. The van der Waals surface area contributed by atoms with Gasteiger partial charge in [0.2, 0.25) is 0 Å². The summed E-state index contributed by atoms with van der Waals surface area (Å²) in [6.45, 7) is 0.308. The molecule has 2 aromatic carbocycles. The maximum Gasteiger partial charge on any atom is 0.312 e. The number of hydrogen-bond donors (Lipinski definition) is 3. The van der Waals surface area contributed by atoms with E-state index < -0.39 is 6.03 Å². The molecule has 1 heterocycles. The van der Waals surface area contributed by atoms with Crippen molar-refractivity contribution in [3.63, 3.8) is 0 Å². The van der Waals surface area contributed by atoms with Crippen molar-refractivity contribution in [2.75, 3.05) is 0 Å². The van der Waals surface area contributed by atoms with E-state index in [9.17, 15) is 9.18 Å². The monoisotopic (exact) mass is 326 g/mol. The molecule has 3 rings (SSSR count). The standard InChI is InChI=1S/C17H15FN4O2/c18-13-6-4-12(5-7-13)16-15(10-21-22-16)24-14-3-1-2-11(8-14)9-20-17(19)23/h1-8,10H,9H2,(H,21,22)(H3,19,20,23). The Kier molecular flexibility index (Phi) is 4.42. The van der Waals surface area contributed by atoms with Gasteiger partial charge in [0.1, 0.15) is 17.3 Å². The van der Waals surface area contributed by atoms with Crippen LogP contribution in [-0.4, -0.2) is 16.2 Å². The minimum Gasteiger partial charge on any atom is -0.453 e. The van der Waals surface area contributed by atoms with Crippen molar-refractivity contribution in [3.05, 3.63) is 66.1 Å². The molecule has 122 valence electrons. The van der Waals surface area contributed by atoms with Gasteiger partial charge in [0.05, 0.1) is 6.20 Å². The molecular weight excluding hydrogens is 311 g/mol. The van der Waals surface area contributed by atoms with Crippen molar-refractivity contribution < 1.29 is 13.9 Å². The summed E-state index contributed by atoms with van der Waals surface area (Å²) in [6.07, 6.45) is 1.62. The Labute approximate surface area is 137 Å². The first kappa shape index (κ1) is 15.5. The van der Waals surface area contributed by atoms with Crippen LogP contribution in [0.3, 0.4) is 0 Å². The molecule has 0 saturated heterocycles. The summed E-state index contributed by atoms with van der Waals surface area (Å²) in [5, 5.41) is 9.41. The number of halogens is 1. The molecule has 0 radical (unpaired) electrons. The highest BCUT2D eigenvalue weighted by Crippen LogP contribution is 2.31. The Balaban J connectivity index is 1.80. The molecule has 0 aliphatic carbocycles. The van der Waals surface area contributed by atoms with E-state index in [4.69, 9.17) is 10.5 Å². The number of ether oxygens (including phenoxy) is 1. The van der Waals surface area contributed by atoms with Gasteiger partial charge in [-0.05, 0) is 42.0 Å². The molecule has 0 atom stereocenters. The minimum atomic E-state index is -0.588. The first-order valence-corrected chi connectivity index (χ1v) is 7.21. The molecule has 0 fully saturated rings. The summed E-state index contributed by atoms with van der Waals surface area (Å²) in [7, 11) is 0. The average Bonchev–Trinajstić information content (AvgIpc) is 3.02. The quantitative estimate of drug-likeness (QED) is 0.672. The number of carbonyl (C=O) groups is 1. The number of urea groups is 1. The first-order valence-electron chi connectivity index (χ1n) is 7.21. The summed E-state index contributed by atoms with van der Waals surface area (Å²) in [5.74, 6) is 0.788. The van der Waals surface area contributed by atoms with Gasteiger partial charge in [0.15, 0.2) is 5.75 Å². The lowest BCUT2D eigenvalue weighted by atomic mass is 10.1. The number of nitrogens with zero attached hydrogens (tertiary/aromatic N) is 1. The van der Waals surface area contributed by atoms with Crippen LogP contribution in [-0.2, 0) is 6.54 Å². The fourth-order valence-corrected chi connectivity index (χ4v) is 2.21. The number of rotatable bonds is 5. The molecule has 24 heavy (non-hydrogen) atoms. The number of benzene rings is 2.